The molecule has 20 heavy (non-hydrogen) atoms. The van der Waals surface area contributed by atoms with Crippen molar-refractivity contribution in [2.45, 2.75) is 71.0 Å². The molecule has 1 nitrogen and oxygen atoms in total. The van der Waals surface area contributed by atoms with Gasteiger partial charge in [0.15, 0.2) is 8.32 Å². The Kier molecular flexibility index (Phi) is 8.87. The summed E-state index contributed by atoms with van der Waals surface area (Å²) >= 11 is 0. The van der Waals surface area contributed by atoms with Gasteiger partial charge in [-0.25, -0.2) is 0 Å². The Morgan fingerprint density at radius 2 is 1.40 bits per heavy atom. The molecule has 1 aromatic carbocycles. The summed E-state index contributed by atoms with van der Waals surface area (Å²) in [7, 11) is -1.43. The summed E-state index contributed by atoms with van der Waals surface area (Å²) in [6.07, 6.45) is 6.16. The van der Waals surface area contributed by atoms with Gasteiger partial charge in [-0.1, -0.05) is 70.4 Å². The third-order valence-electron chi connectivity index (χ3n) is 3.98. The van der Waals surface area contributed by atoms with Crippen LogP contribution in [0.2, 0.25) is 18.1 Å². The van der Waals surface area contributed by atoms with E-state index in [0.29, 0.717) is 0 Å². The SMILES string of the molecule is CCC[Si](CCC)(CCC)OCCCc1ccccc1. The fourth-order valence-corrected chi connectivity index (χ4v) is 7.66. The van der Waals surface area contributed by atoms with E-state index in [1.807, 2.05) is 0 Å². The number of hydrogen-bond acceptors (Lipinski definition) is 1. The molecule has 0 N–H and O–H groups in total. The first kappa shape index (κ1) is 17.4. The Morgan fingerprint density at radius 3 is 1.90 bits per heavy atom. The van der Waals surface area contributed by atoms with Crippen LogP contribution < -0.4 is 0 Å². The normalized spacial score (nSPS) is 11.8. The Labute approximate surface area is 126 Å². The molecule has 0 atom stereocenters. The third-order valence-corrected chi connectivity index (χ3v) is 9.03. The highest BCUT2D eigenvalue weighted by atomic mass is 28.4. The van der Waals surface area contributed by atoms with Gasteiger partial charge in [-0.15, -0.1) is 0 Å². The van der Waals surface area contributed by atoms with E-state index in [1.54, 1.807) is 0 Å². The highest BCUT2D eigenvalue weighted by Gasteiger charge is 2.31. The Bertz CT molecular complexity index is 320. The van der Waals surface area contributed by atoms with Gasteiger partial charge in [0, 0.05) is 6.61 Å². The number of aryl methyl sites for hydroxylation is 1. The lowest BCUT2D eigenvalue weighted by Gasteiger charge is -2.31. The molecule has 0 saturated heterocycles. The molecule has 0 aliphatic carbocycles. The molecule has 0 radical (unpaired) electrons. The van der Waals surface area contributed by atoms with Crippen LogP contribution in [0.3, 0.4) is 0 Å². The van der Waals surface area contributed by atoms with Crippen molar-refractivity contribution in [3.63, 3.8) is 0 Å². The first-order chi connectivity index (χ1) is 9.76. The minimum atomic E-state index is -1.43. The zero-order valence-corrected chi connectivity index (χ0v) is 14.7. The molecule has 1 rings (SSSR count). The van der Waals surface area contributed by atoms with Crippen LogP contribution in [0.15, 0.2) is 30.3 Å². The van der Waals surface area contributed by atoms with Crippen molar-refractivity contribution < 1.29 is 4.43 Å². The molecule has 0 aliphatic rings. The van der Waals surface area contributed by atoms with E-state index in [9.17, 15) is 0 Å². The molecule has 114 valence electrons. The molecular weight excluding hydrogens is 260 g/mol. The van der Waals surface area contributed by atoms with Crippen molar-refractivity contribution in [1.29, 1.82) is 0 Å². The monoisotopic (exact) mass is 292 g/mol. The molecule has 0 unspecified atom stereocenters. The van der Waals surface area contributed by atoms with Crippen molar-refractivity contribution in [1.82, 2.24) is 0 Å². The van der Waals surface area contributed by atoms with E-state index in [4.69, 9.17) is 4.43 Å². The Hall–Kier alpha value is -0.603. The second-order valence-corrected chi connectivity index (χ2v) is 10.0. The van der Waals surface area contributed by atoms with Crippen LogP contribution in [0.4, 0.5) is 0 Å². The lowest BCUT2D eigenvalue weighted by molar-refractivity contribution is 0.289. The summed E-state index contributed by atoms with van der Waals surface area (Å²) in [4.78, 5) is 0. The van der Waals surface area contributed by atoms with Crippen molar-refractivity contribution >= 4 is 8.32 Å². The summed E-state index contributed by atoms with van der Waals surface area (Å²) in [5, 5.41) is 0. The summed E-state index contributed by atoms with van der Waals surface area (Å²) in [5.41, 5.74) is 1.44. The second kappa shape index (κ2) is 10.2. The molecule has 2 heteroatoms. The van der Waals surface area contributed by atoms with E-state index in [2.05, 4.69) is 51.1 Å². The molecule has 0 spiro atoms. The first-order valence-corrected chi connectivity index (χ1v) is 11.0. The van der Waals surface area contributed by atoms with Crippen LogP contribution in [0.5, 0.6) is 0 Å². The Balaban J connectivity index is 2.40. The topological polar surface area (TPSA) is 9.23 Å². The van der Waals surface area contributed by atoms with E-state index in [0.717, 1.165) is 19.4 Å². The fourth-order valence-electron chi connectivity index (χ4n) is 3.17. The van der Waals surface area contributed by atoms with Gasteiger partial charge < -0.3 is 4.43 Å². The fraction of sp³-hybridized carbons (Fsp3) is 0.667. The van der Waals surface area contributed by atoms with Gasteiger partial charge in [0.2, 0.25) is 0 Å². The molecular formula is C18H32OSi. The number of benzene rings is 1. The molecule has 0 fully saturated rings. The van der Waals surface area contributed by atoms with Crippen molar-refractivity contribution in [2.75, 3.05) is 6.61 Å². The molecule has 0 amide bonds. The predicted molar refractivity (Wildman–Crippen MR) is 91.8 cm³/mol. The average Bonchev–Trinajstić information content (AvgIpc) is 2.46. The zero-order valence-electron chi connectivity index (χ0n) is 13.7. The van der Waals surface area contributed by atoms with Crippen molar-refractivity contribution in [3.05, 3.63) is 35.9 Å². The maximum absolute atomic E-state index is 6.51. The van der Waals surface area contributed by atoms with Gasteiger partial charge in [-0.2, -0.15) is 0 Å². The smallest absolute Gasteiger partial charge is 0.192 e. The molecule has 1 aromatic rings. The predicted octanol–water partition coefficient (Wildman–Crippen LogP) is 5.81. The van der Waals surface area contributed by atoms with E-state index in [-0.39, 0.29) is 0 Å². The molecule has 0 saturated carbocycles. The largest absolute Gasteiger partial charge is 0.417 e. The highest BCUT2D eigenvalue weighted by Crippen LogP contribution is 2.27. The molecule has 0 bridgehead atoms. The van der Waals surface area contributed by atoms with Gasteiger partial charge >= 0.3 is 0 Å². The molecule has 0 heterocycles. The average molecular weight is 293 g/mol. The van der Waals surface area contributed by atoms with E-state index in [1.165, 1.54) is 43.0 Å². The van der Waals surface area contributed by atoms with Gasteiger partial charge in [-0.3, -0.25) is 0 Å². The summed E-state index contributed by atoms with van der Waals surface area (Å²) in [6.45, 7) is 7.88. The van der Waals surface area contributed by atoms with Gasteiger partial charge in [0.25, 0.3) is 0 Å². The van der Waals surface area contributed by atoms with Crippen LogP contribution in [0, 0.1) is 0 Å². The quantitative estimate of drug-likeness (QED) is 0.369. The minimum absolute atomic E-state index is 0.959. The molecule has 0 aliphatic heterocycles. The lowest BCUT2D eigenvalue weighted by atomic mass is 10.1. The second-order valence-electron chi connectivity index (χ2n) is 5.87. The first-order valence-electron chi connectivity index (χ1n) is 8.44. The summed E-state index contributed by atoms with van der Waals surface area (Å²) in [6, 6.07) is 14.8. The van der Waals surface area contributed by atoms with Crippen LogP contribution >= 0.6 is 0 Å². The van der Waals surface area contributed by atoms with Gasteiger partial charge in [0.1, 0.15) is 0 Å². The van der Waals surface area contributed by atoms with E-state index < -0.39 is 8.32 Å². The maximum Gasteiger partial charge on any atom is 0.192 e. The summed E-state index contributed by atoms with van der Waals surface area (Å²) < 4.78 is 6.51. The third kappa shape index (κ3) is 6.23. The van der Waals surface area contributed by atoms with Crippen LogP contribution in [0.1, 0.15) is 52.0 Å². The van der Waals surface area contributed by atoms with Gasteiger partial charge in [0.05, 0.1) is 0 Å². The number of rotatable bonds is 11. The Morgan fingerprint density at radius 1 is 0.850 bits per heavy atom. The van der Waals surface area contributed by atoms with Crippen LogP contribution in [0.25, 0.3) is 0 Å². The highest BCUT2D eigenvalue weighted by molar-refractivity contribution is 6.73. The maximum atomic E-state index is 6.51. The standard InChI is InChI=1S/C18H32OSi/c1-4-15-20(16-5-2,17-6-3)19-14-10-13-18-11-8-7-9-12-18/h7-9,11-12H,4-6,10,13-17H2,1-3H3. The lowest BCUT2D eigenvalue weighted by Crippen LogP contribution is -2.38. The van der Waals surface area contributed by atoms with Crippen LogP contribution in [-0.2, 0) is 10.8 Å². The minimum Gasteiger partial charge on any atom is -0.417 e. The van der Waals surface area contributed by atoms with Crippen molar-refractivity contribution in [2.24, 2.45) is 0 Å². The number of hydrogen-bond donors (Lipinski definition) is 0. The van der Waals surface area contributed by atoms with Gasteiger partial charge in [-0.05, 0) is 36.5 Å². The zero-order chi connectivity index (χ0) is 14.7. The summed E-state index contributed by atoms with van der Waals surface area (Å²) in [5.74, 6) is 0. The van der Waals surface area contributed by atoms with Crippen LogP contribution in [-0.4, -0.2) is 14.9 Å². The van der Waals surface area contributed by atoms with Crippen molar-refractivity contribution in [3.8, 4) is 0 Å². The van der Waals surface area contributed by atoms with E-state index >= 15 is 0 Å². The molecule has 0 aromatic heterocycles.